The maximum Gasteiger partial charge on any atom is 0.270 e. The molecule has 1 aliphatic rings. The molecule has 1 unspecified atom stereocenters. The molecular weight excluding hydrogens is 226 g/mol. The second kappa shape index (κ2) is 3.88. The second-order valence-electron chi connectivity index (χ2n) is 3.72. The average molecular weight is 237 g/mol. The van der Waals surface area contributed by atoms with E-state index in [1.54, 1.807) is 0 Å². The summed E-state index contributed by atoms with van der Waals surface area (Å²) in [5, 5.41) is 5.89. The number of hydrogen-bond acceptors (Lipinski definition) is 6. The van der Waals surface area contributed by atoms with Crippen molar-refractivity contribution >= 4 is 17.0 Å². The van der Waals surface area contributed by atoms with Gasteiger partial charge in [0.1, 0.15) is 4.88 Å². The fraction of sp³-hybridized carbons (Fsp3) is 0.400. The highest BCUT2D eigenvalue weighted by atomic mass is 32.1. The zero-order chi connectivity index (χ0) is 11.0. The van der Waals surface area contributed by atoms with Crippen molar-refractivity contribution in [1.82, 2.24) is 10.1 Å². The van der Waals surface area contributed by atoms with E-state index < -0.39 is 0 Å². The Bertz CT molecular complexity index is 488. The van der Waals surface area contributed by atoms with Crippen LogP contribution in [0.4, 0.5) is 5.69 Å². The van der Waals surface area contributed by atoms with Gasteiger partial charge in [-0.15, -0.1) is 11.3 Å². The maximum absolute atomic E-state index is 5.79. The van der Waals surface area contributed by atoms with E-state index in [0.717, 1.165) is 23.7 Å². The third kappa shape index (κ3) is 1.60. The second-order valence-corrected chi connectivity index (χ2v) is 4.64. The molecular formula is C10H11N3O2S. The van der Waals surface area contributed by atoms with Gasteiger partial charge in [-0.05, 0) is 17.9 Å². The average Bonchev–Trinajstić information content (AvgIpc) is 2.96. The highest BCUT2D eigenvalue weighted by Gasteiger charge is 2.24. The molecule has 16 heavy (non-hydrogen) atoms. The van der Waals surface area contributed by atoms with Crippen LogP contribution in [0.5, 0.6) is 0 Å². The van der Waals surface area contributed by atoms with Gasteiger partial charge in [-0.2, -0.15) is 4.98 Å². The molecule has 6 heteroatoms. The number of anilines is 1. The van der Waals surface area contributed by atoms with Crippen LogP contribution in [0, 0.1) is 0 Å². The standard InChI is InChI=1S/C10H11N3O2S/c11-7-2-4-16-8(7)10-12-9(13-15-10)6-1-3-14-5-6/h2,4,6H,1,3,5,11H2. The van der Waals surface area contributed by atoms with Crippen LogP contribution in [0.2, 0.25) is 0 Å². The lowest BCUT2D eigenvalue weighted by molar-refractivity contribution is 0.192. The molecule has 1 fully saturated rings. The van der Waals surface area contributed by atoms with E-state index in [1.807, 2.05) is 11.4 Å². The predicted molar refractivity (Wildman–Crippen MR) is 60.2 cm³/mol. The van der Waals surface area contributed by atoms with Crippen LogP contribution >= 0.6 is 11.3 Å². The van der Waals surface area contributed by atoms with Crippen molar-refractivity contribution in [1.29, 1.82) is 0 Å². The predicted octanol–water partition coefficient (Wildman–Crippen LogP) is 1.88. The normalized spacial score (nSPS) is 20.4. The number of nitrogen functional groups attached to an aromatic ring is 1. The van der Waals surface area contributed by atoms with Crippen molar-refractivity contribution in [3.8, 4) is 10.8 Å². The lowest BCUT2D eigenvalue weighted by atomic mass is 10.1. The van der Waals surface area contributed by atoms with Crippen molar-refractivity contribution in [2.45, 2.75) is 12.3 Å². The number of hydrogen-bond donors (Lipinski definition) is 1. The van der Waals surface area contributed by atoms with Gasteiger partial charge in [0.2, 0.25) is 0 Å². The van der Waals surface area contributed by atoms with Gasteiger partial charge < -0.3 is 15.0 Å². The molecule has 0 saturated carbocycles. The molecule has 0 radical (unpaired) electrons. The van der Waals surface area contributed by atoms with Crippen LogP contribution in [0.3, 0.4) is 0 Å². The maximum atomic E-state index is 5.79. The highest BCUT2D eigenvalue weighted by molar-refractivity contribution is 7.14. The molecule has 0 amide bonds. The molecule has 2 aromatic rings. The van der Waals surface area contributed by atoms with E-state index in [2.05, 4.69) is 10.1 Å². The molecule has 2 aromatic heterocycles. The van der Waals surface area contributed by atoms with Crippen molar-refractivity contribution in [3.63, 3.8) is 0 Å². The topological polar surface area (TPSA) is 74.2 Å². The van der Waals surface area contributed by atoms with Crippen LogP contribution in [0.15, 0.2) is 16.0 Å². The lowest BCUT2D eigenvalue weighted by Crippen LogP contribution is -1.99. The zero-order valence-corrected chi connectivity index (χ0v) is 9.37. The van der Waals surface area contributed by atoms with Gasteiger partial charge in [0.05, 0.1) is 12.3 Å². The van der Waals surface area contributed by atoms with Gasteiger partial charge in [-0.25, -0.2) is 0 Å². The molecule has 3 heterocycles. The Morgan fingerprint density at radius 3 is 3.12 bits per heavy atom. The van der Waals surface area contributed by atoms with Gasteiger partial charge in [0.15, 0.2) is 5.82 Å². The summed E-state index contributed by atoms with van der Waals surface area (Å²) in [6, 6.07) is 1.84. The van der Waals surface area contributed by atoms with E-state index in [9.17, 15) is 0 Å². The Hall–Kier alpha value is -1.40. The molecule has 3 rings (SSSR count). The SMILES string of the molecule is Nc1ccsc1-c1nc(C2CCOC2)no1. The van der Waals surface area contributed by atoms with Crippen molar-refractivity contribution < 1.29 is 9.26 Å². The lowest BCUT2D eigenvalue weighted by Gasteiger charge is -1.97. The third-order valence-corrected chi connectivity index (χ3v) is 3.54. The number of rotatable bonds is 2. The van der Waals surface area contributed by atoms with E-state index in [0.29, 0.717) is 18.2 Å². The van der Waals surface area contributed by atoms with Crippen LogP contribution in [-0.2, 0) is 4.74 Å². The molecule has 1 atom stereocenters. The molecule has 0 aliphatic carbocycles. The summed E-state index contributed by atoms with van der Waals surface area (Å²) in [7, 11) is 0. The summed E-state index contributed by atoms with van der Waals surface area (Å²) in [4.78, 5) is 5.21. The summed E-state index contributed by atoms with van der Waals surface area (Å²) < 4.78 is 10.5. The summed E-state index contributed by atoms with van der Waals surface area (Å²) in [5.41, 5.74) is 6.48. The van der Waals surface area contributed by atoms with Crippen LogP contribution in [0.1, 0.15) is 18.2 Å². The molecule has 5 nitrogen and oxygen atoms in total. The molecule has 2 N–H and O–H groups in total. The first-order valence-corrected chi connectivity index (χ1v) is 5.97. The molecule has 1 aliphatic heterocycles. The number of thiophene rings is 1. The number of nitrogens with zero attached hydrogens (tertiary/aromatic N) is 2. The van der Waals surface area contributed by atoms with Crippen molar-refractivity contribution in [2.24, 2.45) is 0 Å². The van der Waals surface area contributed by atoms with Crippen LogP contribution < -0.4 is 5.73 Å². The largest absolute Gasteiger partial charge is 0.397 e. The first-order valence-electron chi connectivity index (χ1n) is 5.09. The van der Waals surface area contributed by atoms with Crippen LogP contribution in [-0.4, -0.2) is 23.4 Å². The zero-order valence-electron chi connectivity index (χ0n) is 8.55. The van der Waals surface area contributed by atoms with E-state index in [4.69, 9.17) is 15.0 Å². The van der Waals surface area contributed by atoms with Gasteiger partial charge in [0.25, 0.3) is 5.89 Å². The first kappa shape index (κ1) is 9.80. The van der Waals surface area contributed by atoms with Gasteiger partial charge in [0, 0.05) is 12.5 Å². The Kier molecular flexibility index (Phi) is 2.37. The van der Waals surface area contributed by atoms with Gasteiger partial charge in [-0.1, -0.05) is 5.16 Å². The summed E-state index contributed by atoms with van der Waals surface area (Å²) in [5.74, 6) is 1.49. The smallest absolute Gasteiger partial charge is 0.270 e. The molecule has 1 saturated heterocycles. The Balaban J connectivity index is 1.90. The Labute approximate surface area is 96.2 Å². The van der Waals surface area contributed by atoms with Crippen molar-refractivity contribution in [2.75, 3.05) is 18.9 Å². The molecule has 0 spiro atoms. The number of ether oxygens (including phenoxy) is 1. The molecule has 0 bridgehead atoms. The van der Waals surface area contributed by atoms with Gasteiger partial charge in [-0.3, -0.25) is 0 Å². The Morgan fingerprint density at radius 2 is 2.44 bits per heavy atom. The van der Waals surface area contributed by atoms with Crippen LogP contribution in [0.25, 0.3) is 10.8 Å². The molecule has 0 aromatic carbocycles. The van der Waals surface area contributed by atoms with E-state index >= 15 is 0 Å². The van der Waals surface area contributed by atoms with Gasteiger partial charge >= 0.3 is 0 Å². The molecule has 84 valence electrons. The number of aromatic nitrogens is 2. The first-order chi connectivity index (χ1) is 7.84. The van der Waals surface area contributed by atoms with Crippen molar-refractivity contribution in [3.05, 3.63) is 17.3 Å². The monoisotopic (exact) mass is 237 g/mol. The fourth-order valence-corrected chi connectivity index (χ4v) is 2.46. The Morgan fingerprint density at radius 1 is 1.50 bits per heavy atom. The third-order valence-electron chi connectivity index (χ3n) is 2.63. The minimum absolute atomic E-state index is 0.263. The minimum Gasteiger partial charge on any atom is -0.397 e. The fourth-order valence-electron chi connectivity index (χ4n) is 1.72. The highest BCUT2D eigenvalue weighted by Crippen LogP contribution is 2.32. The quantitative estimate of drug-likeness (QED) is 0.863. The summed E-state index contributed by atoms with van der Waals surface area (Å²) >= 11 is 1.51. The van der Waals surface area contributed by atoms with E-state index in [1.165, 1.54) is 11.3 Å². The number of nitrogens with two attached hydrogens (primary N) is 1. The minimum atomic E-state index is 0.263. The summed E-state index contributed by atoms with van der Waals surface area (Å²) in [6.07, 6.45) is 0.957. The summed E-state index contributed by atoms with van der Waals surface area (Å²) in [6.45, 7) is 1.45. The van der Waals surface area contributed by atoms with E-state index in [-0.39, 0.29) is 5.92 Å².